The molecule has 1 saturated carbocycles. The van der Waals surface area contributed by atoms with Gasteiger partial charge in [-0.1, -0.05) is 19.8 Å². The topological polar surface area (TPSA) is 66.5 Å². The van der Waals surface area contributed by atoms with Gasteiger partial charge in [0.15, 0.2) is 9.84 Å². The molecule has 3 aliphatic rings. The number of hydrogen-bond acceptors (Lipinski definition) is 4. The summed E-state index contributed by atoms with van der Waals surface area (Å²) in [6.45, 7) is 4.08. The van der Waals surface area contributed by atoms with Gasteiger partial charge in [-0.2, -0.15) is 0 Å². The monoisotopic (exact) mass is 328 g/mol. The fourth-order valence-corrected chi connectivity index (χ4v) is 6.08. The molecule has 1 N–H and O–H groups in total. The van der Waals surface area contributed by atoms with E-state index in [2.05, 4.69) is 17.1 Å². The Morgan fingerprint density at radius 2 is 1.91 bits per heavy atom. The summed E-state index contributed by atoms with van der Waals surface area (Å²) in [5.41, 5.74) is 0. The van der Waals surface area contributed by atoms with Crippen molar-refractivity contribution in [1.29, 1.82) is 0 Å². The van der Waals surface area contributed by atoms with E-state index in [0.717, 1.165) is 45.2 Å². The molecule has 126 valence electrons. The van der Waals surface area contributed by atoms with Gasteiger partial charge < -0.3 is 5.32 Å². The van der Waals surface area contributed by atoms with E-state index in [0.29, 0.717) is 5.92 Å². The van der Waals surface area contributed by atoms with E-state index in [1.807, 2.05) is 0 Å². The minimum atomic E-state index is -3.03. The average molecular weight is 328 g/mol. The maximum Gasteiger partial charge on any atom is 0.223 e. The van der Waals surface area contributed by atoms with E-state index in [-0.39, 0.29) is 35.4 Å². The van der Waals surface area contributed by atoms with Gasteiger partial charge in [0, 0.05) is 12.0 Å². The molecular formula is C16H28N2O3S. The molecule has 2 saturated heterocycles. The molecule has 0 aromatic carbocycles. The van der Waals surface area contributed by atoms with Crippen LogP contribution < -0.4 is 5.32 Å². The maximum atomic E-state index is 12.4. The van der Waals surface area contributed by atoms with Crippen LogP contribution in [0.1, 0.15) is 45.4 Å². The predicted octanol–water partition coefficient (Wildman–Crippen LogP) is 1.19. The molecule has 0 radical (unpaired) electrons. The van der Waals surface area contributed by atoms with Gasteiger partial charge in [0.05, 0.1) is 17.5 Å². The van der Waals surface area contributed by atoms with Crippen LogP contribution in [0.3, 0.4) is 0 Å². The molecule has 22 heavy (non-hydrogen) atoms. The van der Waals surface area contributed by atoms with Crippen molar-refractivity contribution >= 4 is 15.7 Å². The van der Waals surface area contributed by atoms with E-state index in [9.17, 15) is 13.2 Å². The van der Waals surface area contributed by atoms with Crippen molar-refractivity contribution < 1.29 is 13.2 Å². The van der Waals surface area contributed by atoms with E-state index in [1.54, 1.807) is 0 Å². The number of carbonyl (C=O) groups is 1. The summed E-state index contributed by atoms with van der Waals surface area (Å²) in [6, 6.07) is -0.226. The zero-order valence-electron chi connectivity index (χ0n) is 13.5. The summed E-state index contributed by atoms with van der Waals surface area (Å²) in [4.78, 5) is 14.6. The summed E-state index contributed by atoms with van der Waals surface area (Å²) in [6.07, 6.45) is 6.71. The lowest BCUT2D eigenvalue weighted by molar-refractivity contribution is -0.123. The van der Waals surface area contributed by atoms with Crippen molar-refractivity contribution in [3.63, 3.8) is 0 Å². The molecule has 0 aromatic heterocycles. The normalized spacial score (nSPS) is 37.9. The van der Waals surface area contributed by atoms with Gasteiger partial charge in [0.25, 0.3) is 0 Å². The first kappa shape index (κ1) is 16.2. The van der Waals surface area contributed by atoms with E-state index in [1.165, 1.54) is 6.42 Å². The molecule has 2 heterocycles. The zero-order valence-corrected chi connectivity index (χ0v) is 14.3. The molecule has 0 aromatic rings. The minimum absolute atomic E-state index is 0.0161. The smallest absolute Gasteiger partial charge is 0.223 e. The second-order valence-corrected chi connectivity index (χ2v) is 9.40. The number of nitrogens with one attached hydrogen (secondary N) is 1. The first-order valence-corrected chi connectivity index (χ1v) is 10.6. The van der Waals surface area contributed by atoms with Crippen LogP contribution in [0.15, 0.2) is 0 Å². The van der Waals surface area contributed by atoms with Crippen molar-refractivity contribution in [3.8, 4) is 0 Å². The highest BCUT2D eigenvalue weighted by molar-refractivity contribution is 7.91. The highest BCUT2D eigenvalue weighted by atomic mass is 32.2. The van der Waals surface area contributed by atoms with Gasteiger partial charge in [0.1, 0.15) is 0 Å². The third kappa shape index (κ3) is 3.65. The molecule has 0 bridgehead atoms. The summed E-state index contributed by atoms with van der Waals surface area (Å²) in [5.74, 6) is 1.07. The third-order valence-corrected chi connectivity index (χ3v) is 7.15. The molecular weight excluding hydrogens is 300 g/mol. The lowest BCUT2D eigenvalue weighted by atomic mass is 10.0. The van der Waals surface area contributed by atoms with Crippen molar-refractivity contribution in [1.82, 2.24) is 10.2 Å². The van der Waals surface area contributed by atoms with Gasteiger partial charge in [0.2, 0.25) is 5.91 Å². The molecule has 0 spiro atoms. The number of nitrogens with zero attached hydrogens (tertiary/aromatic N) is 1. The Labute approximate surface area is 133 Å². The molecule has 1 aliphatic carbocycles. The Kier molecular flexibility index (Phi) is 4.78. The van der Waals surface area contributed by atoms with Gasteiger partial charge >= 0.3 is 0 Å². The lowest BCUT2D eigenvalue weighted by Gasteiger charge is -2.35. The Hall–Kier alpha value is -0.620. The number of sulfone groups is 1. The number of likely N-dealkylation sites (tertiary alicyclic amines) is 1. The minimum Gasteiger partial charge on any atom is -0.350 e. The Morgan fingerprint density at radius 3 is 2.59 bits per heavy atom. The van der Waals surface area contributed by atoms with Crippen molar-refractivity contribution in [2.45, 2.75) is 57.5 Å². The van der Waals surface area contributed by atoms with E-state index >= 15 is 0 Å². The second-order valence-electron chi connectivity index (χ2n) is 7.25. The third-order valence-electron chi connectivity index (χ3n) is 5.43. The van der Waals surface area contributed by atoms with Crippen LogP contribution >= 0.6 is 0 Å². The first-order chi connectivity index (χ1) is 10.5. The summed E-state index contributed by atoms with van der Waals surface area (Å²) >= 11 is 0. The fourth-order valence-electron chi connectivity index (χ4n) is 4.13. The van der Waals surface area contributed by atoms with Gasteiger partial charge in [-0.3, -0.25) is 9.69 Å². The standard InChI is InChI=1S/C16H28N2O3S/c1-2-6-12-9-13(12)16(19)17-14-10-22(20,21)11-15(14)18-7-4-3-5-8-18/h12-15H,2-11H2,1H3,(H,17,19)/t12-,13+,14+,15+/m1/s1. The Balaban J connectivity index is 1.61. The second kappa shape index (κ2) is 6.48. The summed E-state index contributed by atoms with van der Waals surface area (Å²) in [5, 5.41) is 3.07. The van der Waals surface area contributed by atoms with Crippen LogP contribution in [-0.2, 0) is 14.6 Å². The molecule has 5 nitrogen and oxygen atoms in total. The predicted molar refractivity (Wildman–Crippen MR) is 86.3 cm³/mol. The highest BCUT2D eigenvalue weighted by Gasteiger charge is 2.46. The van der Waals surface area contributed by atoms with Gasteiger partial charge in [-0.25, -0.2) is 8.42 Å². The summed E-state index contributed by atoms with van der Waals surface area (Å²) < 4.78 is 24.1. The Bertz CT molecular complexity index is 513. The van der Waals surface area contributed by atoms with Crippen molar-refractivity contribution in [3.05, 3.63) is 0 Å². The molecule has 2 aliphatic heterocycles. The lowest BCUT2D eigenvalue weighted by Crippen LogP contribution is -2.52. The number of carbonyl (C=O) groups excluding carboxylic acids is 1. The van der Waals surface area contributed by atoms with Crippen LogP contribution in [0.25, 0.3) is 0 Å². The highest BCUT2D eigenvalue weighted by Crippen LogP contribution is 2.42. The molecule has 3 fully saturated rings. The Morgan fingerprint density at radius 1 is 1.18 bits per heavy atom. The first-order valence-electron chi connectivity index (χ1n) is 8.75. The maximum absolute atomic E-state index is 12.4. The van der Waals surface area contributed by atoms with Crippen LogP contribution in [0.2, 0.25) is 0 Å². The fraction of sp³-hybridized carbons (Fsp3) is 0.938. The number of hydrogen-bond donors (Lipinski definition) is 1. The van der Waals surface area contributed by atoms with Gasteiger partial charge in [-0.15, -0.1) is 0 Å². The zero-order chi connectivity index (χ0) is 15.7. The number of amides is 1. The SMILES string of the molecule is CCC[C@@H]1C[C@@H]1C(=O)N[C@H]1CS(=O)(=O)C[C@@H]1N1CCCCC1. The number of piperidine rings is 1. The number of rotatable bonds is 5. The van der Waals surface area contributed by atoms with Crippen molar-refractivity contribution in [2.24, 2.45) is 11.8 Å². The van der Waals surface area contributed by atoms with Gasteiger partial charge in [-0.05, 0) is 44.7 Å². The van der Waals surface area contributed by atoms with Crippen LogP contribution in [0.5, 0.6) is 0 Å². The summed E-state index contributed by atoms with van der Waals surface area (Å²) in [7, 11) is -3.03. The van der Waals surface area contributed by atoms with Crippen LogP contribution in [-0.4, -0.2) is 55.9 Å². The molecule has 3 rings (SSSR count). The van der Waals surface area contributed by atoms with Crippen LogP contribution in [0, 0.1) is 11.8 Å². The van der Waals surface area contributed by atoms with Crippen LogP contribution in [0.4, 0.5) is 0 Å². The van der Waals surface area contributed by atoms with E-state index in [4.69, 9.17) is 0 Å². The average Bonchev–Trinajstić information content (AvgIpc) is 3.18. The quantitative estimate of drug-likeness (QED) is 0.823. The molecule has 4 atom stereocenters. The molecule has 1 amide bonds. The molecule has 0 unspecified atom stereocenters. The van der Waals surface area contributed by atoms with E-state index < -0.39 is 9.84 Å². The van der Waals surface area contributed by atoms with Crippen molar-refractivity contribution in [2.75, 3.05) is 24.6 Å². The largest absolute Gasteiger partial charge is 0.350 e. The molecule has 6 heteroatoms.